The van der Waals surface area contributed by atoms with E-state index in [1.165, 1.54) is 34.6 Å². The first-order valence-corrected chi connectivity index (χ1v) is 12.6. The van der Waals surface area contributed by atoms with Crippen LogP contribution in [0.3, 0.4) is 0 Å². The Bertz CT molecular complexity index is 1490. The number of halogens is 1. The number of nitrogens with zero attached hydrogens (tertiary/aromatic N) is 2. The number of aryl methyl sites for hydroxylation is 1. The van der Waals surface area contributed by atoms with Gasteiger partial charge in [-0.05, 0) is 50.5 Å². The summed E-state index contributed by atoms with van der Waals surface area (Å²) in [5, 5.41) is 12.2. The van der Waals surface area contributed by atoms with Crippen molar-refractivity contribution in [1.82, 2.24) is 0 Å². The van der Waals surface area contributed by atoms with Gasteiger partial charge in [-0.25, -0.2) is 0 Å². The Labute approximate surface area is 213 Å². The molecule has 0 N–H and O–H groups in total. The highest BCUT2D eigenvalue weighted by Gasteiger charge is 2.48. The van der Waals surface area contributed by atoms with E-state index in [9.17, 15) is 14.9 Å². The number of hydrogen-bond acceptors (Lipinski definition) is 4. The van der Waals surface area contributed by atoms with E-state index in [1.807, 2.05) is 23.1 Å². The van der Waals surface area contributed by atoms with Crippen LogP contribution in [0.2, 0.25) is 5.02 Å². The number of thiophene rings is 1. The molecule has 0 radical (unpaired) electrons. The summed E-state index contributed by atoms with van der Waals surface area (Å²) in [5.74, 6) is -0.192. The lowest BCUT2D eigenvalue weighted by atomic mass is 9.65. The van der Waals surface area contributed by atoms with E-state index in [4.69, 9.17) is 11.6 Å². The van der Waals surface area contributed by atoms with Gasteiger partial charge in [0, 0.05) is 38.9 Å². The third-order valence-electron chi connectivity index (χ3n) is 7.04. The van der Waals surface area contributed by atoms with Crippen molar-refractivity contribution in [3.05, 3.63) is 103 Å². The SMILES string of the molecule is Cc1ccc(C2(C)CC(C)(C)N(C(=O)c3sc4cc([N+](=O)[O-])ccc4c3Cl)c3ccccc32)cc1. The lowest BCUT2D eigenvalue weighted by molar-refractivity contribution is -0.384. The van der Waals surface area contributed by atoms with Crippen molar-refractivity contribution >= 4 is 50.3 Å². The molecule has 2 heterocycles. The maximum Gasteiger partial charge on any atom is 0.270 e. The van der Waals surface area contributed by atoms with Crippen molar-refractivity contribution < 1.29 is 9.72 Å². The van der Waals surface area contributed by atoms with E-state index in [2.05, 4.69) is 58.0 Å². The molecule has 0 spiro atoms. The molecule has 178 valence electrons. The van der Waals surface area contributed by atoms with Crippen LogP contribution < -0.4 is 4.90 Å². The van der Waals surface area contributed by atoms with Crippen molar-refractivity contribution in [3.63, 3.8) is 0 Å². The molecule has 1 atom stereocenters. The highest BCUT2D eigenvalue weighted by Crippen LogP contribution is 2.51. The molecule has 0 bridgehead atoms. The summed E-state index contributed by atoms with van der Waals surface area (Å²) >= 11 is 7.89. The lowest BCUT2D eigenvalue weighted by Crippen LogP contribution is -2.55. The predicted molar refractivity (Wildman–Crippen MR) is 143 cm³/mol. The highest BCUT2D eigenvalue weighted by atomic mass is 35.5. The fraction of sp³-hybridized carbons (Fsp3) is 0.250. The highest BCUT2D eigenvalue weighted by molar-refractivity contribution is 7.21. The molecular weight excluding hydrogens is 480 g/mol. The van der Waals surface area contributed by atoms with Crippen molar-refractivity contribution in [2.24, 2.45) is 0 Å². The molecule has 1 aliphatic heterocycles. The van der Waals surface area contributed by atoms with Gasteiger partial charge in [-0.2, -0.15) is 0 Å². The minimum Gasteiger partial charge on any atom is -0.302 e. The Morgan fingerprint density at radius 2 is 1.74 bits per heavy atom. The maximum absolute atomic E-state index is 14.1. The number of anilines is 1. The van der Waals surface area contributed by atoms with Gasteiger partial charge in [0.2, 0.25) is 0 Å². The van der Waals surface area contributed by atoms with Gasteiger partial charge in [-0.15, -0.1) is 11.3 Å². The maximum atomic E-state index is 14.1. The molecule has 3 aromatic carbocycles. The van der Waals surface area contributed by atoms with E-state index < -0.39 is 10.5 Å². The summed E-state index contributed by atoms with van der Waals surface area (Å²) in [4.78, 5) is 27.1. The Balaban J connectivity index is 1.66. The van der Waals surface area contributed by atoms with Crippen LogP contribution in [0, 0.1) is 17.0 Å². The van der Waals surface area contributed by atoms with Crippen LogP contribution in [0.5, 0.6) is 0 Å². The molecule has 0 saturated heterocycles. The van der Waals surface area contributed by atoms with Crippen molar-refractivity contribution in [3.8, 4) is 0 Å². The molecule has 35 heavy (non-hydrogen) atoms. The summed E-state index contributed by atoms with van der Waals surface area (Å²) in [6.07, 6.45) is 0.722. The molecule has 7 heteroatoms. The zero-order valence-electron chi connectivity index (χ0n) is 20.0. The molecule has 5 rings (SSSR count). The second-order valence-corrected chi connectivity index (χ2v) is 11.5. The monoisotopic (exact) mass is 504 g/mol. The molecular formula is C28H25ClN2O3S. The fourth-order valence-corrected chi connectivity index (χ4v) is 6.95. The lowest BCUT2D eigenvalue weighted by Gasteiger charge is -2.51. The molecule has 1 aromatic heterocycles. The summed E-state index contributed by atoms with van der Waals surface area (Å²) in [5.41, 5.74) is 3.54. The normalized spacial score (nSPS) is 18.9. The van der Waals surface area contributed by atoms with Gasteiger partial charge in [0.25, 0.3) is 11.6 Å². The second kappa shape index (κ2) is 8.18. The van der Waals surface area contributed by atoms with E-state index in [0.717, 1.165) is 17.7 Å². The molecule has 1 aliphatic rings. The van der Waals surface area contributed by atoms with Gasteiger partial charge in [0.15, 0.2) is 0 Å². The summed E-state index contributed by atoms with van der Waals surface area (Å²) < 4.78 is 0.625. The van der Waals surface area contributed by atoms with Crippen LogP contribution in [0.25, 0.3) is 10.1 Å². The zero-order chi connectivity index (χ0) is 25.1. The Morgan fingerprint density at radius 1 is 1.06 bits per heavy atom. The zero-order valence-corrected chi connectivity index (χ0v) is 21.5. The number of benzene rings is 3. The fourth-order valence-electron chi connectivity index (χ4n) is 5.47. The van der Waals surface area contributed by atoms with Crippen LogP contribution in [0.15, 0.2) is 66.7 Å². The van der Waals surface area contributed by atoms with Crippen LogP contribution >= 0.6 is 22.9 Å². The van der Waals surface area contributed by atoms with Crippen molar-refractivity contribution in [2.75, 3.05) is 4.90 Å². The second-order valence-electron chi connectivity index (χ2n) is 10.0. The minimum absolute atomic E-state index is 0.0214. The average Bonchev–Trinajstić information content (AvgIpc) is 3.14. The molecule has 0 saturated carbocycles. The summed E-state index contributed by atoms with van der Waals surface area (Å²) in [6, 6.07) is 21.2. The topological polar surface area (TPSA) is 63.5 Å². The van der Waals surface area contributed by atoms with Gasteiger partial charge >= 0.3 is 0 Å². The van der Waals surface area contributed by atoms with Gasteiger partial charge < -0.3 is 4.90 Å². The van der Waals surface area contributed by atoms with Crippen molar-refractivity contribution in [2.45, 2.75) is 45.1 Å². The van der Waals surface area contributed by atoms with Crippen LogP contribution in [0.4, 0.5) is 11.4 Å². The smallest absolute Gasteiger partial charge is 0.270 e. The Hall–Kier alpha value is -3.22. The van der Waals surface area contributed by atoms with E-state index >= 15 is 0 Å². The number of amides is 1. The number of fused-ring (bicyclic) bond motifs is 2. The van der Waals surface area contributed by atoms with E-state index in [-0.39, 0.29) is 17.0 Å². The predicted octanol–water partition coefficient (Wildman–Crippen LogP) is 7.91. The number of nitro benzene ring substituents is 1. The molecule has 0 aliphatic carbocycles. The molecule has 0 fully saturated rings. The number of carbonyl (C=O) groups excluding carboxylic acids is 1. The summed E-state index contributed by atoms with van der Waals surface area (Å²) in [7, 11) is 0. The first kappa shape index (κ1) is 23.5. The average molecular weight is 505 g/mol. The van der Waals surface area contributed by atoms with E-state index in [0.29, 0.717) is 20.0 Å². The van der Waals surface area contributed by atoms with Gasteiger partial charge in [0.05, 0.1) is 9.95 Å². The number of carbonyl (C=O) groups is 1. The van der Waals surface area contributed by atoms with Gasteiger partial charge in [-0.3, -0.25) is 14.9 Å². The van der Waals surface area contributed by atoms with Crippen LogP contribution in [-0.2, 0) is 5.41 Å². The van der Waals surface area contributed by atoms with Crippen LogP contribution in [-0.4, -0.2) is 16.4 Å². The third kappa shape index (κ3) is 3.72. The molecule has 1 amide bonds. The number of rotatable bonds is 3. The molecule has 4 aromatic rings. The third-order valence-corrected chi connectivity index (χ3v) is 8.69. The minimum atomic E-state index is -0.517. The first-order valence-electron chi connectivity index (χ1n) is 11.4. The molecule has 1 unspecified atom stereocenters. The number of hydrogen-bond donors (Lipinski definition) is 0. The Kier molecular flexibility index (Phi) is 5.49. The number of para-hydroxylation sites is 1. The standard InChI is InChI=1S/C28H25ClN2O3S/c1-17-9-11-18(12-10-17)28(4)16-27(2,3)30(22-8-6-5-7-21(22)28)26(32)25-24(29)20-14-13-19(31(33)34)15-23(20)35-25/h5-15H,16H2,1-4H3. The van der Waals surface area contributed by atoms with Crippen LogP contribution in [0.1, 0.15) is 53.6 Å². The van der Waals surface area contributed by atoms with Gasteiger partial charge in [-0.1, -0.05) is 66.6 Å². The van der Waals surface area contributed by atoms with E-state index in [1.54, 1.807) is 6.07 Å². The van der Waals surface area contributed by atoms with Crippen molar-refractivity contribution in [1.29, 1.82) is 0 Å². The quantitative estimate of drug-likeness (QED) is 0.210. The number of non-ortho nitro benzene ring substituents is 1. The molecule has 5 nitrogen and oxygen atoms in total. The number of nitro groups is 1. The summed E-state index contributed by atoms with van der Waals surface area (Å²) in [6.45, 7) is 8.49. The Morgan fingerprint density at radius 3 is 2.43 bits per heavy atom. The largest absolute Gasteiger partial charge is 0.302 e. The van der Waals surface area contributed by atoms with Gasteiger partial charge in [0.1, 0.15) is 4.88 Å². The first-order chi connectivity index (χ1) is 16.5.